The number of esters is 1. The van der Waals surface area contributed by atoms with Gasteiger partial charge in [0.05, 0.1) is 24.6 Å². The minimum Gasteiger partial charge on any atom is -0.465 e. The van der Waals surface area contributed by atoms with Gasteiger partial charge in [0.2, 0.25) is 0 Å². The summed E-state index contributed by atoms with van der Waals surface area (Å²) in [5, 5.41) is 3.86. The number of hydrogen-bond acceptors (Lipinski definition) is 6. The van der Waals surface area contributed by atoms with E-state index in [2.05, 4.69) is 14.6 Å². The zero-order chi connectivity index (χ0) is 15.6. The van der Waals surface area contributed by atoms with Crippen LogP contribution in [-0.2, 0) is 21.8 Å². The Labute approximate surface area is 121 Å². The summed E-state index contributed by atoms with van der Waals surface area (Å²) in [6, 6.07) is 5.35. The van der Waals surface area contributed by atoms with Crippen LogP contribution >= 0.6 is 0 Å². The van der Waals surface area contributed by atoms with Crippen molar-refractivity contribution in [2.45, 2.75) is 4.90 Å². The van der Waals surface area contributed by atoms with Gasteiger partial charge in [-0.05, 0) is 18.2 Å². The van der Waals surface area contributed by atoms with E-state index in [-0.39, 0.29) is 16.1 Å². The summed E-state index contributed by atoms with van der Waals surface area (Å²) in [7, 11) is -1.05. The van der Waals surface area contributed by atoms with E-state index in [4.69, 9.17) is 5.73 Å². The van der Waals surface area contributed by atoms with E-state index in [0.717, 1.165) is 0 Å². The Kier molecular flexibility index (Phi) is 3.85. The first-order valence-electron chi connectivity index (χ1n) is 5.84. The Morgan fingerprint density at radius 1 is 1.38 bits per heavy atom. The van der Waals surface area contributed by atoms with Crippen molar-refractivity contribution in [1.82, 2.24) is 9.78 Å². The number of nitrogens with two attached hydrogens (primary N) is 1. The fraction of sp³-hybridized carbons (Fsp3) is 0.167. The lowest BCUT2D eigenvalue weighted by atomic mass is 10.2. The number of methoxy groups -OCH3 is 1. The molecule has 9 heteroatoms. The van der Waals surface area contributed by atoms with E-state index in [1.807, 2.05) is 0 Å². The van der Waals surface area contributed by atoms with Crippen molar-refractivity contribution in [2.24, 2.45) is 7.05 Å². The van der Waals surface area contributed by atoms with Gasteiger partial charge in [-0.15, -0.1) is 0 Å². The second-order valence-corrected chi connectivity index (χ2v) is 5.84. The first-order chi connectivity index (χ1) is 9.85. The average Bonchev–Trinajstić information content (AvgIpc) is 2.82. The number of anilines is 2. The summed E-state index contributed by atoms with van der Waals surface area (Å²) >= 11 is 0. The van der Waals surface area contributed by atoms with Crippen LogP contribution in [0.25, 0.3) is 0 Å². The van der Waals surface area contributed by atoms with Crippen molar-refractivity contribution < 1.29 is 17.9 Å². The predicted octanol–water partition coefficient (Wildman–Crippen LogP) is 0.590. The van der Waals surface area contributed by atoms with Crippen LogP contribution in [0.5, 0.6) is 0 Å². The molecule has 0 bridgehead atoms. The molecular weight excluding hydrogens is 296 g/mol. The lowest BCUT2D eigenvalue weighted by Gasteiger charge is -2.11. The molecule has 1 aromatic heterocycles. The van der Waals surface area contributed by atoms with Gasteiger partial charge in [0.15, 0.2) is 0 Å². The van der Waals surface area contributed by atoms with E-state index >= 15 is 0 Å². The molecule has 112 valence electrons. The number of hydrogen-bond donors (Lipinski definition) is 2. The second kappa shape index (κ2) is 5.44. The van der Waals surface area contributed by atoms with Crippen LogP contribution in [0, 0.1) is 0 Å². The number of aromatic nitrogens is 2. The summed E-state index contributed by atoms with van der Waals surface area (Å²) < 4.78 is 32.8. The van der Waals surface area contributed by atoms with Crippen molar-refractivity contribution in [2.75, 3.05) is 17.6 Å². The predicted molar refractivity (Wildman–Crippen MR) is 76.2 cm³/mol. The number of nitrogens with zero attached hydrogens (tertiary/aromatic N) is 2. The van der Waals surface area contributed by atoms with E-state index in [0.29, 0.717) is 5.82 Å². The molecule has 2 aromatic rings. The monoisotopic (exact) mass is 310 g/mol. The summed E-state index contributed by atoms with van der Waals surface area (Å²) in [6.45, 7) is 0. The van der Waals surface area contributed by atoms with Gasteiger partial charge in [0.1, 0.15) is 10.7 Å². The summed E-state index contributed by atoms with van der Waals surface area (Å²) in [6.07, 6.45) is 1.46. The lowest BCUT2D eigenvalue weighted by molar-refractivity contribution is 0.0600. The molecular formula is C12H14N4O4S. The van der Waals surface area contributed by atoms with Crippen LogP contribution in [0.4, 0.5) is 11.5 Å². The SMILES string of the molecule is COC(=O)c1ccc(S(=O)(=O)Nc2ccnn2C)c(N)c1. The molecule has 0 amide bonds. The molecule has 0 spiro atoms. The van der Waals surface area contributed by atoms with Gasteiger partial charge in [-0.2, -0.15) is 5.10 Å². The fourth-order valence-corrected chi connectivity index (χ4v) is 2.91. The third kappa shape index (κ3) is 2.97. The standard InChI is InChI=1S/C12H14N4O4S/c1-16-11(5-6-14-16)15-21(18,19)10-4-3-8(7-9(10)13)12(17)20-2/h3-7,15H,13H2,1-2H3. The molecule has 21 heavy (non-hydrogen) atoms. The topological polar surface area (TPSA) is 116 Å². The molecule has 0 saturated heterocycles. The van der Waals surface area contributed by atoms with Gasteiger partial charge in [-0.3, -0.25) is 9.40 Å². The van der Waals surface area contributed by atoms with Gasteiger partial charge in [0.25, 0.3) is 10.0 Å². The molecule has 2 rings (SSSR count). The van der Waals surface area contributed by atoms with Crippen molar-refractivity contribution in [1.29, 1.82) is 0 Å². The van der Waals surface area contributed by atoms with Crippen LogP contribution in [0.15, 0.2) is 35.4 Å². The summed E-state index contributed by atoms with van der Waals surface area (Å²) in [4.78, 5) is 11.2. The molecule has 0 aliphatic heterocycles. The molecule has 0 aliphatic carbocycles. The molecule has 3 N–H and O–H groups in total. The molecule has 1 aromatic carbocycles. The van der Waals surface area contributed by atoms with E-state index in [1.54, 1.807) is 7.05 Å². The summed E-state index contributed by atoms with van der Waals surface area (Å²) in [5.74, 6) is -0.295. The number of carbonyl (C=O) groups is 1. The first kappa shape index (κ1) is 14.9. The highest BCUT2D eigenvalue weighted by atomic mass is 32.2. The highest BCUT2D eigenvalue weighted by Crippen LogP contribution is 2.22. The molecule has 0 aliphatic rings. The Balaban J connectivity index is 2.37. The largest absolute Gasteiger partial charge is 0.465 e. The van der Waals surface area contributed by atoms with E-state index in [1.165, 1.54) is 42.3 Å². The van der Waals surface area contributed by atoms with E-state index < -0.39 is 16.0 Å². The maximum atomic E-state index is 12.3. The van der Waals surface area contributed by atoms with E-state index in [9.17, 15) is 13.2 Å². The highest BCUT2D eigenvalue weighted by molar-refractivity contribution is 7.92. The van der Waals surface area contributed by atoms with Crippen molar-refractivity contribution >= 4 is 27.5 Å². The third-order valence-electron chi connectivity index (χ3n) is 2.78. The lowest BCUT2D eigenvalue weighted by Crippen LogP contribution is -2.17. The number of nitrogens with one attached hydrogen (secondary N) is 1. The smallest absolute Gasteiger partial charge is 0.337 e. The minimum absolute atomic E-state index is 0.0485. The van der Waals surface area contributed by atoms with Gasteiger partial charge in [-0.1, -0.05) is 0 Å². The van der Waals surface area contributed by atoms with Gasteiger partial charge in [-0.25, -0.2) is 13.2 Å². The molecule has 0 radical (unpaired) electrons. The van der Waals surface area contributed by atoms with Gasteiger partial charge >= 0.3 is 5.97 Å². The van der Waals surface area contributed by atoms with Gasteiger partial charge < -0.3 is 10.5 Å². The normalized spacial score (nSPS) is 11.1. The first-order valence-corrected chi connectivity index (χ1v) is 7.32. The van der Waals surface area contributed by atoms with Crippen molar-refractivity contribution in [3.8, 4) is 0 Å². The second-order valence-electron chi connectivity index (χ2n) is 4.19. The Bertz CT molecular complexity index is 782. The maximum absolute atomic E-state index is 12.3. The number of benzene rings is 1. The number of rotatable bonds is 4. The van der Waals surface area contributed by atoms with Crippen molar-refractivity contribution in [3.05, 3.63) is 36.0 Å². The van der Waals surface area contributed by atoms with Crippen LogP contribution in [0.3, 0.4) is 0 Å². The Morgan fingerprint density at radius 2 is 2.10 bits per heavy atom. The number of aryl methyl sites for hydroxylation is 1. The number of nitrogen functional groups attached to an aromatic ring is 1. The Hall–Kier alpha value is -2.55. The zero-order valence-corrected chi connectivity index (χ0v) is 12.2. The summed E-state index contributed by atoms with van der Waals surface area (Å²) in [5.41, 5.74) is 5.84. The minimum atomic E-state index is -3.87. The fourth-order valence-electron chi connectivity index (χ4n) is 1.70. The number of carbonyl (C=O) groups excluding carboxylic acids is 1. The third-order valence-corrected chi connectivity index (χ3v) is 4.21. The molecule has 1 heterocycles. The molecule has 0 fully saturated rings. The number of ether oxygens (including phenoxy) is 1. The zero-order valence-electron chi connectivity index (χ0n) is 11.4. The van der Waals surface area contributed by atoms with Gasteiger partial charge in [0, 0.05) is 13.1 Å². The van der Waals surface area contributed by atoms with Crippen LogP contribution in [-0.4, -0.2) is 31.3 Å². The van der Waals surface area contributed by atoms with Crippen LogP contribution in [0.1, 0.15) is 10.4 Å². The van der Waals surface area contributed by atoms with Crippen LogP contribution in [0.2, 0.25) is 0 Å². The molecule has 0 atom stereocenters. The average molecular weight is 310 g/mol. The Morgan fingerprint density at radius 3 is 2.62 bits per heavy atom. The number of sulfonamides is 1. The molecule has 0 saturated carbocycles. The molecule has 8 nitrogen and oxygen atoms in total. The quantitative estimate of drug-likeness (QED) is 0.630. The maximum Gasteiger partial charge on any atom is 0.337 e. The van der Waals surface area contributed by atoms with Crippen LogP contribution < -0.4 is 10.5 Å². The highest BCUT2D eigenvalue weighted by Gasteiger charge is 2.20. The van der Waals surface area contributed by atoms with Crippen molar-refractivity contribution in [3.63, 3.8) is 0 Å². The molecule has 0 unspecified atom stereocenters.